The fourth-order valence-electron chi connectivity index (χ4n) is 1.32. The highest BCUT2D eigenvalue weighted by Gasteiger charge is 2.07. The van der Waals surface area contributed by atoms with Crippen LogP contribution >= 0.6 is 11.6 Å². The molecule has 0 aliphatic carbocycles. The molecule has 0 spiro atoms. The van der Waals surface area contributed by atoms with Gasteiger partial charge in [-0.05, 0) is 30.5 Å². The van der Waals surface area contributed by atoms with Crippen LogP contribution in [0, 0.1) is 5.82 Å². The minimum atomic E-state index is -0.551. The van der Waals surface area contributed by atoms with Gasteiger partial charge in [-0.15, -0.1) is 0 Å². The molecular weight excluding hydrogens is 219 g/mol. The Morgan fingerprint density at radius 1 is 1.53 bits per heavy atom. The van der Waals surface area contributed by atoms with Gasteiger partial charge in [0, 0.05) is 12.1 Å². The van der Waals surface area contributed by atoms with E-state index in [1.54, 1.807) is 12.1 Å². The van der Waals surface area contributed by atoms with E-state index in [9.17, 15) is 9.50 Å². The SMILES string of the molecule is COCC(O)CCc1ccc(Cl)cc1F. The fourth-order valence-corrected chi connectivity index (χ4v) is 1.48. The van der Waals surface area contributed by atoms with E-state index in [0.717, 1.165) is 0 Å². The topological polar surface area (TPSA) is 29.5 Å². The summed E-state index contributed by atoms with van der Waals surface area (Å²) < 4.78 is 18.1. The number of aliphatic hydroxyl groups is 1. The van der Waals surface area contributed by atoms with E-state index in [4.69, 9.17) is 16.3 Å². The summed E-state index contributed by atoms with van der Waals surface area (Å²) >= 11 is 5.62. The summed E-state index contributed by atoms with van der Waals surface area (Å²) in [5.74, 6) is -0.327. The van der Waals surface area contributed by atoms with Crippen LogP contribution in [-0.4, -0.2) is 24.9 Å². The second kappa shape index (κ2) is 6.05. The van der Waals surface area contributed by atoms with Gasteiger partial charge in [0.15, 0.2) is 0 Å². The lowest BCUT2D eigenvalue weighted by Gasteiger charge is -2.09. The number of aliphatic hydroxyl groups excluding tert-OH is 1. The summed E-state index contributed by atoms with van der Waals surface area (Å²) in [7, 11) is 1.52. The molecule has 0 saturated heterocycles. The van der Waals surface area contributed by atoms with Crippen molar-refractivity contribution in [3.63, 3.8) is 0 Å². The van der Waals surface area contributed by atoms with E-state index in [2.05, 4.69) is 0 Å². The first-order chi connectivity index (χ1) is 7.13. The quantitative estimate of drug-likeness (QED) is 0.845. The summed E-state index contributed by atoms with van der Waals surface area (Å²) in [4.78, 5) is 0. The van der Waals surface area contributed by atoms with Crippen molar-refractivity contribution in [3.8, 4) is 0 Å². The number of halogens is 2. The second-order valence-electron chi connectivity index (χ2n) is 3.38. The molecular formula is C11H14ClFO2. The molecule has 0 radical (unpaired) electrons. The lowest BCUT2D eigenvalue weighted by Crippen LogP contribution is -2.14. The molecule has 15 heavy (non-hydrogen) atoms. The van der Waals surface area contributed by atoms with Crippen molar-refractivity contribution in [2.24, 2.45) is 0 Å². The van der Waals surface area contributed by atoms with Gasteiger partial charge >= 0.3 is 0 Å². The Balaban J connectivity index is 2.50. The van der Waals surface area contributed by atoms with E-state index in [0.29, 0.717) is 23.4 Å². The van der Waals surface area contributed by atoms with E-state index in [1.165, 1.54) is 13.2 Å². The molecule has 1 aromatic rings. The van der Waals surface area contributed by atoms with Gasteiger partial charge in [0.1, 0.15) is 5.82 Å². The molecule has 0 aliphatic rings. The Labute approximate surface area is 93.6 Å². The monoisotopic (exact) mass is 232 g/mol. The van der Waals surface area contributed by atoms with E-state index < -0.39 is 6.10 Å². The summed E-state index contributed by atoms with van der Waals surface area (Å²) in [5, 5.41) is 9.77. The highest BCUT2D eigenvalue weighted by molar-refractivity contribution is 6.30. The van der Waals surface area contributed by atoms with Gasteiger partial charge in [-0.3, -0.25) is 0 Å². The van der Waals surface area contributed by atoms with E-state index in [-0.39, 0.29) is 12.4 Å². The van der Waals surface area contributed by atoms with Crippen molar-refractivity contribution in [2.45, 2.75) is 18.9 Å². The molecule has 0 aromatic heterocycles. The highest BCUT2D eigenvalue weighted by Crippen LogP contribution is 2.16. The van der Waals surface area contributed by atoms with Crippen LogP contribution in [0.2, 0.25) is 5.02 Å². The molecule has 0 amide bonds. The number of aryl methyl sites for hydroxylation is 1. The van der Waals surface area contributed by atoms with Gasteiger partial charge in [-0.2, -0.15) is 0 Å². The molecule has 1 unspecified atom stereocenters. The normalized spacial score (nSPS) is 12.8. The smallest absolute Gasteiger partial charge is 0.127 e. The number of rotatable bonds is 5. The number of benzene rings is 1. The van der Waals surface area contributed by atoms with Crippen LogP contribution in [0.1, 0.15) is 12.0 Å². The lowest BCUT2D eigenvalue weighted by molar-refractivity contribution is 0.0594. The summed E-state index contributed by atoms with van der Waals surface area (Å²) in [6.45, 7) is 0.273. The fraction of sp³-hybridized carbons (Fsp3) is 0.455. The van der Waals surface area contributed by atoms with Gasteiger partial charge in [0.25, 0.3) is 0 Å². The first-order valence-corrected chi connectivity index (χ1v) is 5.12. The molecule has 0 fully saturated rings. The first-order valence-electron chi connectivity index (χ1n) is 4.74. The molecule has 1 rings (SSSR count). The second-order valence-corrected chi connectivity index (χ2v) is 3.82. The highest BCUT2D eigenvalue weighted by atomic mass is 35.5. The average molecular weight is 233 g/mol. The molecule has 0 aliphatic heterocycles. The van der Waals surface area contributed by atoms with Crippen LogP contribution in [0.4, 0.5) is 4.39 Å². The molecule has 0 bridgehead atoms. The largest absolute Gasteiger partial charge is 0.391 e. The van der Waals surface area contributed by atoms with Crippen LogP contribution in [-0.2, 0) is 11.2 Å². The van der Waals surface area contributed by atoms with Crippen LogP contribution in [0.25, 0.3) is 0 Å². The van der Waals surface area contributed by atoms with Gasteiger partial charge in [0.2, 0.25) is 0 Å². The summed E-state index contributed by atoms with van der Waals surface area (Å²) in [6.07, 6.45) is 0.407. The number of methoxy groups -OCH3 is 1. The summed E-state index contributed by atoms with van der Waals surface area (Å²) in [6, 6.07) is 4.56. The van der Waals surface area contributed by atoms with Crippen molar-refractivity contribution in [3.05, 3.63) is 34.6 Å². The van der Waals surface area contributed by atoms with Crippen LogP contribution in [0.15, 0.2) is 18.2 Å². The minimum Gasteiger partial charge on any atom is -0.391 e. The van der Waals surface area contributed by atoms with E-state index >= 15 is 0 Å². The molecule has 1 atom stereocenters. The molecule has 1 aromatic carbocycles. The number of ether oxygens (including phenoxy) is 1. The Morgan fingerprint density at radius 2 is 2.27 bits per heavy atom. The Bertz CT molecular complexity index is 317. The average Bonchev–Trinajstić information content (AvgIpc) is 2.17. The first kappa shape index (κ1) is 12.4. The molecule has 1 N–H and O–H groups in total. The molecule has 0 heterocycles. The molecule has 4 heteroatoms. The van der Waals surface area contributed by atoms with Crippen LogP contribution in [0.3, 0.4) is 0 Å². The maximum absolute atomic E-state index is 13.3. The third-order valence-electron chi connectivity index (χ3n) is 2.12. The van der Waals surface area contributed by atoms with Crippen molar-refractivity contribution in [1.29, 1.82) is 0 Å². The maximum atomic E-state index is 13.3. The van der Waals surface area contributed by atoms with Gasteiger partial charge < -0.3 is 9.84 Å². The Morgan fingerprint density at radius 3 is 2.87 bits per heavy atom. The Kier molecular flexibility index (Phi) is 5.02. The lowest BCUT2D eigenvalue weighted by atomic mass is 10.1. The van der Waals surface area contributed by atoms with E-state index in [1.807, 2.05) is 0 Å². The predicted octanol–water partition coefficient (Wildman–Crippen LogP) is 2.42. The Hall–Kier alpha value is -0.640. The van der Waals surface area contributed by atoms with Crippen molar-refractivity contribution < 1.29 is 14.2 Å². The van der Waals surface area contributed by atoms with Crippen molar-refractivity contribution in [1.82, 2.24) is 0 Å². The number of hydrogen-bond donors (Lipinski definition) is 1. The zero-order chi connectivity index (χ0) is 11.3. The zero-order valence-corrected chi connectivity index (χ0v) is 9.30. The maximum Gasteiger partial charge on any atom is 0.127 e. The zero-order valence-electron chi connectivity index (χ0n) is 8.54. The van der Waals surface area contributed by atoms with Crippen LogP contribution in [0.5, 0.6) is 0 Å². The van der Waals surface area contributed by atoms with Crippen LogP contribution < -0.4 is 0 Å². The van der Waals surface area contributed by atoms with Gasteiger partial charge in [-0.25, -0.2) is 4.39 Å². The van der Waals surface area contributed by atoms with Gasteiger partial charge in [0.05, 0.1) is 12.7 Å². The van der Waals surface area contributed by atoms with Crippen molar-refractivity contribution in [2.75, 3.05) is 13.7 Å². The standard InChI is InChI=1S/C11H14ClFO2/c1-15-7-10(14)5-3-8-2-4-9(12)6-11(8)13/h2,4,6,10,14H,3,5,7H2,1H3. The number of hydrogen-bond acceptors (Lipinski definition) is 2. The third kappa shape index (κ3) is 4.16. The molecule has 84 valence electrons. The van der Waals surface area contributed by atoms with Gasteiger partial charge in [-0.1, -0.05) is 17.7 Å². The minimum absolute atomic E-state index is 0.273. The molecule has 0 saturated carbocycles. The van der Waals surface area contributed by atoms with Crippen molar-refractivity contribution >= 4 is 11.6 Å². The third-order valence-corrected chi connectivity index (χ3v) is 2.36. The predicted molar refractivity (Wildman–Crippen MR) is 57.6 cm³/mol. The molecule has 2 nitrogen and oxygen atoms in total. The summed E-state index contributed by atoms with van der Waals surface area (Å²) in [5.41, 5.74) is 0.564.